The smallest absolute Gasteiger partial charge is 0.236 e. The second kappa shape index (κ2) is 5.80. The van der Waals surface area contributed by atoms with E-state index >= 15 is 0 Å². The van der Waals surface area contributed by atoms with E-state index < -0.39 is 0 Å². The molecule has 2 fully saturated rings. The summed E-state index contributed by atoms with van der Waals surface area (Å²) >= 11 is 0. The lowest BCUT2D eigenvalue weighted by molar-refractivity contribution is -0.136. The second-order valence-corrected chi connectivity index (χ2v) is 5.17. The molecule has 2 heterocycles. The van der Waals surface area contributed by atoms with Crippen LogP contribution in [-0.2, 0) is 4.79 Å². The lowest BCUT2D eigenvalue weighted by Crippen LogP contribution is -2.49. The summed E-state index contributed by atoms with van der Waals surface area (Å²) in [5, 5.41) is 19.1. The molecule has 0 aromatic heterocycles. The molecular weight excluding hydrogens is 220 g/mol. The van der Waals surface area contributed by atoms with E-state index in [1.54, 1.807) is 4.90 Å². The van der Waals surface area contributed by atoms with Gasteiger partial charge in [0, 0.05) is 19.6 Å². The number of β-amino-alcohol motifs (C(OH)–C–C–N with tert-alkyl or cyclic N) is 2. The maximum atomic E-state index is 12.0. The molecular formula is C12H22N2O3. The van der Waals surface area contributed by atoms with Gasteiger partial charge in [0.1, 0.15) is 0 Å². The summed E-state index contributed by atoms with van der Waals surface area (Å²) in [7, 11) is 0. The maximum absolute atomic E-state index is 12.0. The van der Waals surface area contributed by atoms with Crippen molar-refractivity contribution in [3.63, 3.8) is 0 Å². The predicted molar refractivity (Wildman–Crippen MR) is 63.5 cm³/mol. The normalized spacial score (nSPS) is 31.5. The lowest BCUT2D eigenvalue weighted by atomic mass is 10.1. The van der Waals surface area contributed by atoms with E-state index in [0.717, 1.165) is 38.8 Å². The van der Waals surface area contributed by atoms with Gasteiger partial charge in [-0.05, 0) is 32.2 Å². The first-order valence-corrected chi connectivity index (χ1v) is 6.51. The second-order valence-electron chi connectivity index (χ2n) is 5.17. The van der Waals surface area contributed by atoms with Gasteiger partial charge in [-0.25, -0.2) is 0 Å². The molecule has 0 bridgehead atoms. The Bertz CT molecular complexity index is 272. The van der Waals surface area contributed by atoms with E-state index in [4.69, 9.17) is 0 Å². The van der Waals surface area contributed by atoms with Crippen LogP contribution in [0.1, 0.15) is 25.7 Å². The Hall–Kier alpha value is -0.650. The van der Waals surface area contributed by atoms with Gasteiger partial charge < -0.3 is 15.1 Å². The van der Waals surface area contributed by atoms with Crippen LogP contribution in [-0.4, -0.2) is 70.9 Å². The Kier molecular flexibility index (Phi) is 4.36. The van der Waals surface area contributed by atoms with Gasteiger partial charge in [-0.3, -0.25) is 9.69 Å². The van der Waals surface area contributed by atoms with Crippen molar-refractivity contribution in [2.24, 2.45) is 0 Å². The molecule has 0 aromatic carbocycles. The van der Waals surface area contributed by atoms with Crippen molar-refractivity contribution in [3.05, 3.63) is 0 Å². The fourth-order valence-electron chi connectivity index (χ4n) is 2.65. The van der Waals surface area contributed by atoms with Crippen LogP contribution >= 0.6 is 0 Å². The van der Waals surface area contributed by atoms with Gasteiger partial charge in [-0.2, -0.15) is 0 Å². The minimum atomic E-state index is -0.361. The fourth-order valence-corrected chi connectivity index (χ4v) is 2.65. The monoisotopic (exact) mass is 242 g/mol. The molecule has 5 heteroatoms. The summed E-state index contributed by atoms with van der Waals surface area (Å²) in [6.45, 7) is 3.09. The van der Waals surface area contributed by atoms with Crippen LogP contribution in [0.4, 0.5) is 0 Å². The minimum Gasteiger partial charge on any atom is -0.392 e. The number of piperidine rings is 2. The predicted octanol–water partition coefficient (Wildman–Crippen LogP) is -0.574. The fraction of sp³-hybridized carbons (Fsp3) is 0.917. The van der Waals surface area contributed by atoms with Crippen LogP contribution in [0.5, 0.6) is 0 Å². The van der Waals surface area contributed by atoms with Crippen LogP contribution in [0.25, 0.3) is 0 Å². The van der Waals surface area contributed by atoms with E-state index in [1.807, 2.05) is 4.90 Å². The Labute approximate surface area is 102 Å². The average Bonchev–Trinajstić information content (AvgIpc) is 2.29. The summed E-state index contributed by atoms with van der Waals surface area (Å²) < 4.78 is 0. The quantitative estimate of drug-likeness (QED) is 0.680. The Morgan fingerprint density at radius 1 is 1.06 bits per heavy atom. The molecule has 0 saturated carbocycles. The highest BCUT2D eigenvalue weighted by atomic mass is 16.3. The number of nitrogens with zero attached hydrogens (tertiary/aromatic N) is 2. The lowest BCUT2D eigenvalue weighted by Gasteiger charge is -2.34. The van der Waals surface area contributed by atoms with Gasteiger partial charge in [0.05, 0.1) is 18.8 Å². The highest BCUT2D eigenvalue weighted by Crippen LogP contribution is 2.13. The molecule has 1 amide bonds. The highest BCUT2D eigenvalue weighted by molar-refractivity contribution is 5.78. The van der Waals surface area contributed by atoms with Crippen molar-refractivity contribution in [1.29, 1.82) is 0 Å². The highest BCUT2D eigenvalue weighted by Gasteiger charge is 2.25. The van der Waals surface area contributed by atoms with Crippen molar-refractivity contribution < 1.29 is 15.0 Å². The van der Waals surface area contributed by atoms with Crippen molar-refractivity contribution >= 4 is 5.91 Å². The average molecular weight is 242 g/mol. The van der Waals surface area contributed by atoms with Gasteiger partial charge in [0.15, 0.2) is 0 Å². The third-order valence-corrected chi connectivity index (χ3v) is 3.59. The van der Waals surface area contributed by atoms with Gasteiger partial charge in [-0.1, -0.05) is 0 Å². The zero-order valence-electron chi connectivity index (χ0n) is 10.2. The molecule has 2 atom stereocenters. The zero-order valence-corrected chi connectivity index (χ0v) is 10.2. The van der Waals surface area contributed by atoms with Crippen molar-refractivity contribution in [2.45, 2.75) is 37.9 Å². The number of carbonyl (C=O) groups excluding carboxylic acids is 1. The largest absolute Gasteiger partial charge is 0.392 e. The summed E-state index contributed by atoms with van der Waals surface area (Å²) in [5.41, 5.74) is 0. The number of amides is 1. The molecule has 2 aliphatic heterocycles. The SMILES string of the molecule is O=C(CN1CCCC(O)C1)N1CCCC(O)C1. The molecule has 0 aromatic rings. The number of aliphatic hydroxyl groups excluding tert-OH is 2. The van der Waals surface area contributed by atoms with Crippen molar-refractivity contribution in [3.8, 4) is 0 Å². The van der Waals surface area contributed by atoms with Crippen LogP contribution < -0.4 is 0 Å². The number of hydrogen-bond donors (Lipinski definition) is 2. The van der Waals surface area contributed by atoms with Crippen LogP contribution in [0.3, 0.4) is 0 Å². The van der Waals surface area contributed by atoms with Crippen molar-refractivity contribution in [1.82, 2.24) is 9.80 Å². The van der Waals surface area contributed by atoms with E-state index in [2.05, 4.69) is 0 Å². The third-order valence-electron chi connectivity index (χ3n) is 3.59. The molecule has 2 rings (SSSR count). The topological polar surface area (TPSA) is 64.0 Å². The third kappa shape index (κ3) is 3.66. The number of carbonyl (C=O) groups is 1. The van der Waals surface area contributed by atoms with Crippen LogP contribution in [0, 0.1) is 0 Å². The number of aliphatic hydroxyl groups is 2. The minimum absolute atomic E-state index is 0.0813. The molecule has 2 saturated heterocycles. The number of likely N-dealkylation sites (tertiary alicyclic amines) is 2. The molecule has 5 nitrogen and oxygen atoms in total. The molecule has 2 unspecified atom stereocenters. The first-order valence-electron chi connectivity index (χ1n) is 6.51. The van der Waals surface area contributed by atoms with E-state index in [0.29, 0.717) is 19.6 Å². The van der Waals surface area contributed by atoms with Gasteiger partial charge in [0.25, 0.3) is 0 Å². The van der Waals surface area contributed by atoms with Gasteiger partial charge in [0.2, 0.25) is 5.91 Å². The molecule has 98 valence electrons. The molecule has 2 N–H and O–H groups in total. The zero-order chi connectivity index (χ0) is 12.3. The molecule has 0 aliphatic carbocycles. The summed E-state index contributed by atoms with van der Waals surface area (Å²) in [6.07, 6.45) is 2.83. The molecule has 0 radical (unpaired) electrons. The maximum Gasteiger partial charge on any atom is 0.236 e. The van der Waals surface area contributed by atoms with Crippen LogP contribution in [0.2, 0.25) is 0 Å². The standard InChI is InChI=1S/C12H22N2O3/c15-10-3-1-5-13(7-10)9-12(17)14-6-2-4-11(16)8-14/h10-11,15-16H,1-9H2. The Balaban J connectivity index is 1.79. The number of rotatable bonds is 2. The van der Waals surface area contributed by atoms with Crippen LogP contribution in [0.15, 0.2) is 0 Å². The summed E-state index contributed by atoms with van der Waals surface area (Å²) in [6, 6.07) is 0. The Morgan fingerprint density at radius 2 is 1.71 bits per heavy atom. The van der Waals surface area contributed by atoms with Gasteiger partial charge >= 0.3 is 0 Å². The summed E-state index contributed by atoms with van der Waals surface area (Å²) in [5.74, 6) is 0.0813. The molecule has 2 aliphatic rings. The van der Waals surface area contributed by atoms with E-state index in [-0.39, 0.29) is 18.1 Å². The molecule has 0 spiro atoms. The first kappa shape index (κ1) is 12.8. The molecule has 17 heavy (non-hydrogen) atoms. The van der Waals surface area contributed by atoms with Gasteiger partial charge in [-0.15, -0.1) is 0 Å². The summed E-state index contributed by atoms with van der Waals surface area (Å²) in [4.78, 5) is 15.8. The van der Waals surface area contributed by atoms with E-state index in [1.165, 1.54) is 0 Å². The van der Waals surface area contributed by atoms with Crippen molar-refractivity contribution in [2.75, 3.05) is 32.7 Å². The first-order chi connectivity index (χ1) is 8.15. The number of hydrogen-bond acceptors (Lipinski definition) is 4. The van der Waals surface area contributed by atoms with E-state index in [9.17, 15) is 15.0 Å². The Morgan fingerprint density at radius 3 is 2.35 bits per heavy atom.